The van der Waals surface area contributed by atoms with Crippen LogP contribution in [0, 0.1) is 11.8 Å². The van der Waals surface area contributed by atoms with Gasteiger partial charge in [0.05, 0.1) is 25.5 Å². The van der Waals surface area contributed by atoms with Gasteiger partial charge in [0, 0.05) is 48.7 Å². The Hall–Kier alpha value is -3.70. The largest absolute Gasteiger partial charge is 0.444 e. The molecule has 1 N–H and O–H groups in total. The van der Waals surface area contributed by atoms with Crippen molar-refractivity contribution in [3.05, 3.63) is 95.4 Å². The van der Waals surface area contributed by atoms with Gasteiger partial charge in [-0.15, -0.1) is 0 Å². The predicted octanol–water partition coefficient (Wildman–Crippen LogP) is 3.87. The van der Waals surface area contributed by atoms with Crippen LogP contribution in [-0.4, -0.2) is 50.8 Å². The number of nitrogens with zero attached hydrogens (tertiary/aromatic N) is 4. The molecule has 1 atom stereocenters. The monoisotopic (exact) mass is 468 g/mol. The summed E-state index contributed by atoms with van der Waals surface area (Å²) in [5.74, 6) is 7.62. The number of morpholine rings is 1. The predicted molar refractivity (Wildman–Crippen MR) is 132 cm³/mol. The van der Waals surface area contributed by atoms with Gasteiger partial charge < -0.3 is 18.8 Å². The molecule has 178 valence electrons. The minimum Gasteiger partial charge on any atom is -0.444 e. The van der Waals surface area contributed by atoms with E-state index in [0.29, 0.717) is 18.3 Å². The lowest BCUT2D eigenvalue weighted by atomic mass is 10.1. The van der Waals surface area contributed by atoms with Crippen molar-refractivity contribution in [3.8, 4) is 23.3 Å². The van der Waals surface area contributed by atoms with E-state index in [1.807, 2.05) is 35.0 Å². The number of oxazole rings is 1. The third kappa shape index (κ3) is 5.87. The van der Waals surface area contributed by atoms with E-state index in [-0.39, 0.29) is 0 Å². The van der Waals surface area contributed by atoms with Crippen molar-refractivity contribution >= 4 is 0 Å². The first-order valence-electron chi connectivity index (χ1n) is 11.8. The Labute approximate surface area is 205 Å². The highest BCUT2D eigenvalue weighted by Gasteiger charge is 2.12. The summed E-state index contributed by atoms with van der Waals surface area (Å²) in [7, 11) is 0. The minimum absolute atomic E-state index is 0.485. The Morgan fingerprint density at radius 3 is 2.34 bits per heavy atom. The summed E-state index contributed by atoms with van der Waals surface area (Å²) in [4.78, 5) is 11.2. The molecule has 2 aromatic carbocycles. The fourth-order valence-corrected chi connectivity index (χ4v) is 4.06. The molecule has 35 heavy (non-hydrogen) atoms. The van der Waals surface area contributed by atoms with Gasteiger partial charge in [-0.25, -0.2) is 9.97 Å². The van der Waals surface area contributed by atoms with Gasteiger partial charge in [-0.1, -0.05) is 24.0 Å². The van der Waals surface area contributed by atoms with Gasteiger partial charge in [-0.3, -0.25) is 4.90 Å². The van der Waals surface area contributed by atoms with Crippen LogP contribution < -0.4 is 0 Å². The van der Waals surface area contributed by atoms with E-state index >= 15 is 0 Å². The van der Waals surface area contributed by atoms with Crippen LogP contribution in [0.2, 0.25) is 0 Å². The van der Waals surface area contributed by atoms with Crippen LogP contribution in [0.5, 0.6) is 0 Å². The van der Waals surface area contributed by atoms with E-state index in [1.54, 1.807) is 19.4 Å². The van der Waals surface area contributed by atoms with Crippen molar-refractivity contribution in [3.63, 3.8) is 0 Å². The highest BCUT2D eigenvalue weighted by Crippen LogP contribution is 2.20. The topological polar surface area (TPSA) is 76.6 Å². The molecule has 0 aliphatic carbocycles. The Kier molecular flexibility index (Phi) is 7.05. The molecule has 3 heterocycles. The van der Waals surface area contributed by atoms with E-state index in [9.17, 15) is 5.11 Å². The van der Waals surface area contributed by atoms with Crippen molar-refractivity contribution in [1.82, 2.24) is 19.4 Å². The molecule has 1 saturated heterocycles. The molecule has 0 radical (unpaired) electrons. The molecule has 1 unspecified atom stereocenters. The molecule has 1 aliphatic heterocycles. The summed E-state index contributed by atoms with van der Waals surface area (Å²) < 4.78 is 13.0. The normalized spacial score (nSPS) is 14.9. The lowest BCUT2D eigenvalue weighted by molar-refractivity contribution is 0.0342. The lowest BCUT2D eigenvalue weighted by Gasteiger charge is -2.26. The number of hydrogen-bond donors (Lipinski definition) is 1. The average Bonchev–Trinajstić information content (AvgIpc) is 3.55. The Morgan fingerprint density at radius 1 is 0.971 bits per heavy atom. The van der Waals surface area contributed by atoms with Crippen LogP contribution in [-0.2, 0) is 17.8 Å². The van der Waals surface area contributed by atoms with Crippen LogP contribution in [0.15, 0.2) is 71.6 Å². The number of ether oxygens (including phenoxy) is 1. The molecule has 0 spiro atoms. The van der Waals surface area contributed by atoms with Crippen molar-refractivity contribution in [2.24, 2.45) is 0 Å². The van der Waals surface area contributed by atoms with Crippen LogP contribution in [0.25, 0.3) is 11.5 Å². The Morgan fingerprint density at radius 2 is 1.66 bits per heavy atom. The molecule has 0 bridgehead atoms. The number of aliphatic hydroxyl groups is 1. The van der Waals surface area contributed by atoms with Gasteiger partial charge in [0.2, 0.25) is 5.89 Å². The van der Waals surface area contributed by atoms with Gasteiger partial charge in [0.25, 0.3) is 0 Å². The molecule has 1 fully saturated rings. The number of imidazole rings is 1. The molecule has 7 heteroatoms. The maximum atomic E-state index is 9.83. The standard InChI is InChI=1S/C28H28N4O3/c1-21(33)27-29-12-13-32(27)19-26-20-35-28(30-26)25-10-8-23(9-11-25)3-2-22-4-6-24(7-5-22)18-31-14-16-34-17-15-31/h4-13,20-21,33H,14-19H2,1H3. The van der Waals surface area contributed by atoms with Gasteiger partial charge in [0.15, 0.2) is 0 Å². The average molecular weight is 469 g/mol. The van der Waals surface area contributed by atoms with E-state index in [1.165, 1.54) is 5.56 Å². The van der Waals surface area contributed by atoms with Crippen molar-refractivity contribution in [2.75, 3.05) is 26.3 Å². The highest BCUT2D eigenvalue weighted by molar-refractivity contribution is 5.56. The molecule has 1 aliphatic rings. The van der Waals surface area contributed by atoms with Gasteiger partial charge >= 0.3 is 0 Å². The molecular formula is C28H28N4O3. The second kappa shape index (κ2) is 10.7. The maximum absolute atomic E-state index is 9.83. The second-order valence-electron chi connectivity index (χ2n) is 8.65. The summed E-state index contributed by atoms with van der Waals surface area (Å²) in [6.45, 7) is 6.73. The van der Waals surface area contributed by atoms with E-state index < -0.39 is 6.10 Å². The van der Waals surface area contributed by atoms with E-state index in [4.69, 9.17) is 9.15 Å². The zero-order valence-corrected chi connectivity index (χ0v) is 19.7. The van der Waals surface area contributed by atoms with Crippen LogP contribution in [0.1, 0.15) is 41.2 Å². The van der Waals surface area contributed by atoms with Crippen molar-refractivity contribution in [1.29, 1.82) is 0 Å². The summed E-state index contributed by atoms with van der Waals surface area (Å²) >= 11 is 0. The molecule has 4 aromatic rings. The molecule has 2 aromatic heterocycles. The fourth-order valence-electron chi connectivity index (χ4n) is 4.06. The highest BCUT2D eigenvalue weighted by atomic mass is 16.5. The molecule has 0 saturated carbocycles. The number of aromatic nitrogens is 3. The van der Waals surface area contributed by atoms with Gasteiger partial charge in [0.1, 0.15) is 18.2 Å². The Balaban J connectivity index is 1.20. The molecular weight excluding hydrogens is 440 g/mol. The minimum atomic E-state index is -0.641. The van der Waals surface area contributed by atoms with E-state index in [0.717, 1.165) is 55.2 Å². The molecule has 7 nitrogen and oxygen atoms in total. The van der Waals surface area contributed by atoms with Gasteiger partial charge in [-0.05, 0) is 48.9 Å². The number of hydrogen-bond acceptors (Lipinski definition) is 6. The molecule has 5 rings (SSSR count). The zero-order chi connectivity index (χ0) is 24.0. The van der Waals surface area contributed by atoms with Crippen molar-refractivity contribution < 1.29 is 14.3 Å². The van der Waals surface area contributed by atoms with Gasteiger partial charge in [-0.2, -0.15) is 0 Å². The maximum Gasteiger partial charge on any atom is 0.226 e. The number of aliphatic hydroxyl groups excluding tert-OH is 1. The lowest BCUT2D eigenvalue weighted by Crippen LogP contribution is -2.35. The SMILES string of the molecule is CC(O)c1nccn1Cc1coc(-c2ccc(C#Cc3ccc(CN4CCOCC4)cc3)cc2)n1. The number of rotatable bonds is 6. The van der Waals surface area contributed by atoms with E-state index in [2.05, 4.69) is 51.0 Å². The smallest absolute Gasteiger partial charge is 0.226 e. The molecule has 0 amide bonds. The first-order valence-corrected chi connectivity index (χ1v) is 11.8. The van der Waals surface area contributed by atoms with Crippen molar-refractivity contribution in [2.45, 2.75) is 26.1 Å². The second-order valence-corrected chi connectivity index (χ2v) is 8.65. The third-order valence-corrected chi connectivity index (χ3v) is 5.95. The quantitative estimate of drug-likeness (QED) is 0.433. The van der Waals surface area contributed by atoms with Crippen LogP contribution >= 0.6 is 0 Å². The summed E-state index contributed by atoms with van der Waals surface area (Å²) in [6.07, 6.45) is 4.49. The fraction of sp³-hybridized carbons (Fsp3) is 0.286. The zero-order valence-electron chi connectivity index (χ0n) is 19.7. The summed E-state index contributed by atoms with van der Waals surface area (Å²) in [5, 5.41) is 9.83. The first kappa shape index (κ1) is 23.1. The van der Waals surface area contributed by atoms with Crippen LogP contribution in [0.3, 0.4) is 0 Å². The summed E-state index contributed by atoms with van der Waals surface area (Å²) in [5.41, 5.74) is 4.87. The summed E-state index contributed by atoms with van der Waals surface area (Å²) in [6, 6.07) is 16.3. The first-order chi connectivity index (χ1) is 17.1. The van der Waals surface area contributed by atoms with Crippen LogP contribution in [0.4, 0.5) is 0 Å². The Bertz CT molecular complexity index is 1300. The third-order valence-electron chi connectivity index (χ3n) is 5.95. The number of benzene rings is 2.